The molecule has 1 heterocycles. The normalized spacial score (nSPS) is 58.3. The summed E-state index contributed by atoms with van der Waals surface area (Å²) in [4.78, 5) is 25.8. The van der Waals surface area contributed by atoms with Gasteiger partial charge in [-0.05, 0) is 80.5 Å². The molecule has 0 aromatic rings. The van der Waals surface area contributed by atoms with E-state index in [1.54, 1.807) is 0 Å². The summed E-state index contributed by atoms with van der Waals surface area (Å²) in [7, 11) is 0. The molecular formula is C22H30O4. The van der Waals surface area contributed by atoms with Gasteiger partial charge in [0.1, 0.15) is 11.7 Å². The standard InChI is InChI=1S/C22H30O4/c1-3-22(13-5-11-4-12(7-13)8-14(22)6-11)26-21(24)17-15-9-16-18(17)20(23)25-19(16)10(15)2/h10-19H,3-9H2,1-2H3/t10?,11?,12?,13?,14?,15-,16?,17?,18?,19?,22?/m1/s1. The summed E-state index contributed by atoms with van der Waals surface area (Å²) < 4.78 is 12.1. The van der Waals surface area contributed by atoms with E-state index in [2.05, 4.69) is 13.8 Å². The fourth-order valence-corrected chi connectivity index (χ4v) is 8.76. The van der Waals surface area contributed by atoms with E-state index in [0.717, 1.165) is 24.7 Å². The Morgan fingerprint density at radius 3 is 2.35 bits per heavy atom. The van der Waals surface area contributed by atoms with Crippen molar-refractivity contribution in [3.05, 3.63) is 0 Å². The first-order valence-electron chi connectivity index (χ1n) is 10.9. The smallest absolute Gasteiger partial charge is 0.310 e. The number of carbonyl (C=O) groups excluding carboxylic acids is 2. The number of fused-ring (bicyclic) bond motifs is 1. The van der Waals surface area contributed by atoms with Gasteiger partial charge in [0.05, 0.1) is 11.8 Å². The Balaban J connectivity index is 1.29. The van der Waals surface area contributed by atoms with Crippen LogP contribution in [0.2, 0.25) is 0 Å². The minimum Gasteiger partial charge on any atom is -0.462 e. The maximum atomic E-state index is 13.4. The minimum absolute atomic E-state index is 0.0582. The molecule has 6 saturated carbocycles. The first-order valence-corrected chi connectivity index (χ1v) is 10.9. The van der Waals surface area contributed by atoms with Gasteiger partial charge in [-0.2, -0.15) is 0 Å². The molecule has 7 aliphatic rings. The molecule has 26 heavy (non-hydrogen) atoms. The van der Waals surface area contributed by atoms with Crippen molar-refractivity contribution in [2.45, 2.75) is 70.5 Å². The van der Waals surface area contributed by atoms with Crippen molar-refractivity contribution in [1.29, 1.82) is 0 Å². The van der Waals surface area contributed by atoms with Gasteiger partial charge in [-0.15, -0.1) is 0 Å². The van der Waals surface area contributed by atoms with Crippen LogP contribution in [0, 0.1) is 53.3 Å². The summed E-state index contributed by atoms with van der Waals surface area (Å²) in [5, 5.41) is 0. The first kappa shape index (κ1) is 15.9. The number of esters is 2. The average Bonchev–Trinajstić information content (AvgIpc) is 3.22. The summed E-state index contributed by atoms with van der Waals surface area (Å²) in [6, 6.07) is 0. The van der Waals surface area contributed by atoms with Crippen LogP contribution in [-0.2, 0) is 19.1 Å². The first-order chi connectivity index (χ1) is 12.5. The number of hydrogen-bond donors (Lipinski definition) is 0. The Bertz CT molecular complexity index is 641. The van der Waals surface area contributed by atoms with Crippen molar-refractivity contribution in [1.82, 2.24) is 0 Å². The highest BCUT2D eigenvalue weighted by molar-refractivity contribution is 5.86. The van der Waals surface area contributed by atoms with Crippen LogP contribution in [0.3, 0.4) is 0 Å². The zero-order valence-corrected chi connectivity index (χ0v) is 15.9. The third-order valence-electron chi connectivity index (χ3n) is 9.63. The molecule has 0 N–H and O–H groups in total. The Hall–Kier alpha value is -1.06. The van der Waals surface area contributed by atoms with Gasteiger partial charge >= 0.3 is 11.9 Å². The lowest BCUT2D eigenvalue weighted by molar-refractivity contribution is -0.217. The van der Waals surface area contributed by atoms with Gasteiger partial charge in [-0.3, -0.25) is 9.59 Å². The van der Waals surface area contributed by atoms with E-state index in [0.29, 0.717) is 17.8 Å². The molecule has 0 radical (unpaired) electrons. The SMILES string of the molecule is CCC1(OC(=O)C2C3C(=O)OC4C3C[C@@H]2C4C)C2CC3CC(C2)CC1C3. The highest BCUT2D eigenvalue weighted by Gasteiger charge is 2.68. The Morgan fingerprint density at radius 1 is 1.08 bits per heavy atom. The molecule has 4 nitrogen and oxygen atoms in total. The molecule has 4 heteroatoms. The predicted octanol–water partition coefficient (Wildman–Crippen LogP) is 3.58. The lowest BCUT2D eigenvalue weighted by Crippen LogP contribution is -2.60. The van der Waals surface area contributed by atoms with Gasteiger partial charge in [0, 0.05) is 5.92 Å². The average molecular weight is 358 g/mol. The molecule has 0 spiro atoms. The molecule has 1 aliphatic heterocycles. The van der Waals surface area contributed by atoms with Crippen LogP contribution in [0.1, 0.15) is 58.8 Å². The summed E-state index contributed by atoms with van der Waals surface area (Å²) in [6.07, 6.45) is 8.34. The predicted molar refractivity (Wildman–Crippen MR) is 93.8 cm³/mol. The van der Waals surface area contributed by atoms with Crippen LogP contribution in [-0.4, -0.2) is 23.6 Å². The maximum absolute atomic E-state index is 13.4. The Labute approximate surface area is 155 Å². The summed E-state index contributed by atoms with van der Waals surface area (Å²) in [5.41, 5.74) is -0.252. The van der Waals surface area contributed by atoms with Gasteiger partial charge in [-0.1, -0.05) is 13.8 Å². The minimum atomic E-state index is -0.252. The van der Waals surface area contributed by atoms with Gasteiger partial charge < -0.3 is 9.47 Å². The van der Waals surface area contributed by atoms with Crippen molar-refractivity contribution < 1.29 is 19.1 Å². The van der Waals surface area contributed by atoms with E-state index in [1.807, 2.05) is 0 Å². The Kier molecular flexibility index (Phi) is 3.10. The summed E-state index contributed by atoms with van der Waals surface area (Å²) in [5.74, 6) is 2.99. The molecule has 7 rings (SSSR count). The van der Waals surface area contributed by atoms with E-state index < -0.39 is 0 Å². The summed E-state index contributed by atoms with van der Waals surface area (Å²) in [6.45, 7) is 4.36. The third kappa shape index (κ3) is 1.77. The second-order valence-corrected chi connectivity index (χ2v) is 10.4. The molecule has 142 valence electrons. The van der Waals surface area contributed by atoms with Crippen molar-refractivity contribution in [3.63, 3.8) is 0 Å². The van der Waals surface area contributed by atoms with E-state index in [9.17, 15) is 9.59 Å². The molecule has 0 aromatic carbocycles. The molecule has 1 saturated heterocycles. The number of hydrogen-bond acceptors (Lipinski definition) is 4. The maximum Gasteiger partial charge on any atom is 0.310 e. The second kappa shape index (κ2) is 5.05. The van der Waals surface area contributed by atoms with E-state index in [1.165, 1.54) is 32.1 Å². The van der Waals surface area contributed by atoms with Crippen molar-refractivity contribution in [2.24, 2.45) is 53.3 Å². The van der Waals surface area contributed by atoms with Crippen LogP contribution in [0.5, 0.6) is 0 Å². The van der Waals surface area contributed by atoms with Crippen LogP contribution in [0.25, 0.3) is 0 Å². The van der Waals surface area contributed by atoms with Crippen LogP contribution in [0.15, 0.2) is 0 Å². The van der Waals surface area contributed by atoms with Gasteiger partial charge in [-0.25, -0.2) is 0 Å². The molecule has 6 bridgehead atoms. The highest BCUT2D eigenvalue weighted by atomic mass is 16.6. The fourth-order valence-electron chi connectivity index (χ4n) is 8.76. The molecule has 0 amide bonds. The lowest BCUT2D eigenvalue weighted by Gasteiger charge is -2.60. The van der Waals surface area contributed by atoms with Gasteiger partial charge in [0.25, 0.3) is 0 Å². The van der Waals surface area contributed by atoms with Crippen LogP contribution in [0.4, 0.5) is 0 Å². The zero-order chi connectivity index (χ0) is 17.8. The second-order valence-electron chi connectivity index (χ2n) is 10.4. The van der Waals surface area contributed by atoms with E-state index in [4.69, 9.17) is 9.47 Å². The zero-order valence-electron chi connectivity index (χ0n) is 15.9. The Morgan fingerprint density at radius 2 is 1.73 bits per heavy atom. The van der Waals surface area contributed by atoms with Crippen molar-refractivity contribution >= 4 is 11.9 Å². The van der Waals surface area contributed by atoms with E-state index >= 15 is 0 Å². The van der Waals surface area contributed by atoms with Crippen molar-refractivity contribution in [3.8, 4) is 0 Å². The monoisotopic (exact) mass is 358 g/mol. The fraction of sp³-hybridized carbons (Fsp3) is 0.909. The van der Waals surface area contributed by atoms with Crippen LogP contribution >= 0.6 is 0 Å². The number of carbonyl (C=O) groups is 2. The van der Waals surface area contributed by atoms with Gasteiger partial charge in [0.15, 0.2) is 0 Å². The highest BCUT2D eigenvalue weighted by Crippen LogP contribution is 2.63. The van der Waals surface area contributed by atoms with Gasteiger partial charge in [0.2, 0.25) is 0 Å². The molecule has 6 atom stereocenters. The largest absolute Gasteiger partial charge is 0.462 e. The molecule has 0 aromatic heterocycles. The van der Waals surface area contributed by atoms with Crippen molar-refractivity contribution in [2.75, 3.05) is 0 Å². The number of rotatable bonds is 3. The topological polar surface area (TPSA) is 52.6 Å². The van der Waals surface area contributed by atoms with E-state index in [-0.39, 0.29) is 47.3 Å². The number of ether oxygens (including phenoxy) is 2. The van der Waals surface area contributed by atoms with Crippen LogP contribution < -0.4 is 0 Å². The lowest BCUT2D eigenvalue weighted by atomic mass is 9.49. The summed E-state index contributed by atoms with van der Waals surface area (Å²) >= 11 is 0. The molecule has 5 unspecified atom stereocenters. The molecule has 7 fully saturated rings. The third-order valence-corrected chi connectivity index (χ3v) is 9.63. The molecule has 6 aliphatic carbocycles. The molecular weight excluding hydrogens is 328 g/mol. The quantitative estimate of drug-likeness (QED) is 0.724.